The number of amides is 2. The molecule has 7 nitrogen and oxygen atoms in total. The van der Waals surface area contributed by atoms with E-state index in [0.717, 1.165) is 18.5 Å². The molecule has 0 unspecified atom stereocenters. The van der Waals surface area contributed by atoms with Crippen LogP contribution in [-0.2, 0) is 4.79 Å². The van der Waals surface area contributed by atoms with E-state index in [1.165, 1.54) is 11.0 Å². The van der Waals surface area contributed by atoms with Crippen LogP contribution in [0.4, 0.5) is 0 Å². The number of carbonyl (C=O) groups is 2. The molecule has 1 fully saturated rings. The minimum Gasteiger partial charge on any atom is -0.354 e. The van der Waals surface area contributed by atoms with Gasteiger partial charge in [-0.3, -0.25) is 9.59 Å². The lowest BCUT2D eigenvalue weighted by Gasteiger charge is -2.13. The minimum atomic E-state index is -0.503. The average molecular weight is 299 g/mol. The highest BCUT2D eigenvalue weighted by atomic mass is 16.2. The molecule has 2 amide bonds. The third-order valence-electron chi connectivity index (χ3n) is 3.55. The Morgan fingerprint density at radius 1 is 1.27 bits per heavy atom. The summed E-state index contributed by atoms with van der Waals surface area (Å²) in [5, 5.41) is 13.7. The van der Waals surface area contributed by atoms with Gasteiger partial charge in [-0.1, -0.05) is 18.2 Å². The summed E-state index contributed by atoms with van der Waals surface area (Å²) in [4.78, 5) is 25.4. The van der Waals surface area contributed by atoms with E-state index in [9.17, 15) is 9.59 Å². The largest absolute Gasteiger partial charge is 0.354 e. The van der Waals surface area contributed by atoms with Gasteiger partial charge in [0.05, 0.1) is 11.9 Å². The van der Waals surface area contributed by atoms with Crippen LogP contribution in [-0.4, -0.2) is 39.4 Å². The molecular weight excluding hydrogens is 282 g/mol. The van der Waals surface area contributed by atoms with Gasteiger partial charge in [-0.15, -0.1) is 5.10 Å². The fourth-order valence-corrected chi connectivity index (χ4v) is 2.36. The summed E-state index contributed by atoms with van der Waals surface area (Å²) >= 11 is 0. The SMILES string of the molecule is O=C(N[C@H]1CCCCNC1=O)c1cnn(-c2ccccc2)n1. The Kier molecular flexibility index (Phi) is 4.13. The lowest BCUT2D eigenvalue weighted by atomic mass is 10.1. The molecule has 114 valence electrons. The number of para-hydroxylation sites is 1. The van der Waals surface area contributed by atoms with Crippen molar-refractivity contribution in [2.24, 2.45) is 0 Å². The maximum absolute atomic E-state index is 12.2. The van der Waals surface area contributed by atoms with Gasteiger partial charge in [-0.25, -0.2) is 0 Å². The molecule has 0 aliphatic carbocycles. The second-order valence-corrected chi connectivity index (χ2v) is 5.17. The standard InChI is InChI=1S/C15H17N5O2/c21-14-12(8-4-5-9-16-14)18-15(22)13-10-17-20(19-13)11-6-2-1-3-7-11/h1-3,6-7,10,12H,4-5,8-9H2,(H,16,21)(H,18,22)/t12-/m0/s1. The van der Waals surface area contributed by atoms with Gasteiger partial charge in [0, 0.05) is 6.54 Å². The lowest BCUT2D eigenvalue weighted by Crippen LogP contribution is -2.45. The number of nitrogens with zero attached hydrogens (tertiary/aromatic N) is 3. The summed E-state index contributed by atoms with van der Waals surface area (Å²) in [7, 11) is 0. The minimum absolute atomic E-state index is 0.138. The van der Waals surface area contributed by atoms with E-state index in [2.05, 4.69) is 20.8 Å². The predicted octanol–water partition coefficient (Wildman–Crippen LogP) is 0.666. The zero-order valence-corrected chi connectivity index (χ0v) is 12.0. The zero-order chi connectivity index (χ0) is 15.4. The van der Waals surface area contributed by atoms with Crippen LogP contribution in [0.15, 0.2) is 36.5 Å². The van der Waals surface area contributed by atoms with Crippen molar-refractivity contribution < 1.29 is 9.59 Å². The van der Waals surface area contributed by atoms with Gasteiger partial charge in [0.25, 0.3) is 5.91 Å². The van der Waals surface area contributed by atoms with Crippen molar-refractivity contribution in [2.75, 3.05) is 6.54 Å². The van der Waals surface area contributed by atoms with Crippen LogP contribution >= 0.6 is 0 Å². The Morgan fingerprint density at radius 2 is 2.09 bits per heavy atom. The summed E-state index contributed by atoms with van der Waals surface area (Å²) in [6.07, 6.45) is 3.88. The number of carbonyl (C=O) groups excluding carboxylic acids is 2. The first-order valence-electron chi connectivity index (χ1n) is 7.30. The number of hydrogen-bond acceptors (Lipinski definition) is 4. The highest BCUT2D eigenvalue weighted by Gasteiger charge is 2.24. The normalized spacial score (nSPS) is 18.4. The van der Waals surface area contributed by atoms with Crippen molar-refractivity contribution >= 4 is 11.8 Å². The lowest BCUT2D eigenvalue weighted by molar-refractivity contribution is -0.122. The fraction of sp³-hybridized carbons (Fsp3) is 0.333. The van der Waals surface area contributed by atoms with E-state index in [0.29, 0.717) is 13.0 Å². The van der Waals surface area contributed by atoms with Crippen molar-refractivity contribution in [2.45, 2.75) is 25.3 Å². The Hall–Kier alpha value is -2.70. The van der Waals surface area contributed by atoms with Crippen LogP contribution in [0, 0.1) is 0 Å². The monoisotopic (exact) mass is 299 g/mol. The molecule has 0 bridgehead atoms. The molecule has 2 heterocycles. The molecule has 1 aromatic carbocycles. The number of aromatic nitrogens is 3. The summed E-state index contributed by atoms with van der Waals surface area (Å²) in [6.45, 7) is 0.662. The molecule has 1 aromatic heterocycles. The Labute approximate surface area is 127 Å². The quantitative estimate of drug-likeness (QED) is 0.871. The molecule has 1 aliphatic heterocycles. The summed E-state index contributed by atoms with van der Waals surface area (Å²) in [5.74, 6) is -0.523. The first kappa shape index (κ1) is 14.2. The molecule has 7 heteroatoms. The van der Waals surface area contributed by atoms with E-state index < -0.39 is 6.04 Å². The highest BCUT2D eigenvalue weighted by Crippen LogP contribution is 2.07. The van der Waals surface area contributed by atoms with Crippen molar-refractivity contribution in [1.82, 2.24) is 25.6 Å². The number of rotatable bonds is 3. The molecule has 0 spiro atoms. The predicted molar refractivity (Wildman–Crippen MR) is 79.5 cm³/mol. The zero-order valence-electron chi connectivity index (χ0n) is 12.0. The Morgan fingerprint density at radius 3 is 2.91 bits per heavy atom. The Bertz CT molecular complexity index is 668. The third-order valence-corrected chi connectivity index (χ3v) is 3.55. The van der Waals surface area contributed by atoms with Crippen molar-refractivity contribution in [3.63, 3.8) is 0 Å². The Balaban J connectivity index is 1.70. The molecule has 2 N–H and O–H groups in total. The smallest absolute Gasteiger partial charge is 0.274 e. The molecule has 1 saturated heterocycles. The number of hydrogen-bond donors (Lipinski definition) is 2. The molecular formula is C15H17N5O2. The van der Waals surface area contributed by atoms with Gasteiger partial charge in [0.2, 0.25) is 5.91 Å². The van der Waals surface area contributed by atoms with Gasteiger partial charge in [0.1, 0.15) is 6.04 Å². The maximum Gasteiger partial charge on any atom is 0.274 e. The van der Waals surface area contributed by atoms with E-state index in [4.69, 9.17) is 0 Å². The van der Waals surface area contributed by atoms with Crippen LogP contribution in [0.3, 0.4) is 0 Å². The molecule has 0 saturated carbocycles. The second kappa shape index (κ2) is 6.38. The summed E-state index contributed by atoms with van der Waals surface area (Å²) in [5.41, 5.74) is 0.967. The molecule has 22 heavy (non-hydrogen) atoms. The van der Waals surface area contributed by atoms with Crippen LogP contribution in [0.1, 0.15) is 29.8 Å². The van der Waals surface area contributed by atoms with E-state index >= 15 is 0 Å². The summed E-state index contributed by atoms with van der Waals surface area (Å²) in [6, 6.07) is 8.83. The van der Waals surface area contributed by atoms with Gasteiger partial charge < -0.3 is 10.6 Å². The van der Waals surface area contributed by atoms with Crippen LogP contribution < -0.4 is 10.6 Å². The van der Waals surface area contributed by atoms with E-state index in [1.54, 1.807) is 0 Å². The van der Waals surface area contributed by atoms with Crippen LogP contribution in [0.2, 0.25) is 0 Å². The van der Waals surface area contributed by atoms with E-state index in [1.807, 2.05) is 30.3 Å². The van der Waals surface area contributed by atoms with Crippen molar-refractivity contribution in [3.05, 3.63) is 42.2 Å². The van der Waals surface area contributed by atoms with Gasteiger partial charge in [-0.2, -0.15) is 9.90 Å². The van der Waals surface area contributed by atoms with Crippen molar-refractivity contribution in [1.29, 1.82) is 0 Å². The average Bonchev–Trinajstić information content (AvgIpc) is 2.96. The second-order valence-electron chi connectivity index (χ2n) is 5.17. The molecule has 1 atom stereocenters. The molecule has 0 radical (unpaired) electrons. The first-order valence-corrected chi connectivity index (χ1v) is 7.30. The van der Waals surface area contributed by atoms with E-state index in [-0.39, 0.29) is 17.5 Å². The van der Waals surface area contributed by atoms with Gasteiger partial charge >= 0.3 is 0 Å². The van der Waals surface area contributed by atoms with Gasteiger partial charge in [0.15, 0.2) is 5.69 Å². The topological polar surface area (TPSA) is 88.9 Å². The molecule has 3 rings (SSSR count). The van der Waals surface area contributed by atoms with Crippen LogP contribution in [0.5, 0.6) is 0 Å². The summed E-state index contributed by atoms with van der Waals surface area (Å²) < 4.78 is 0. The van der Waals surface area contributed by atoms with Gasteiger partial charge in [-0.05, 0) is 31.4 Å². The highest BCUT2D eigenvalue weighted by molar-refractivity contribution is 5.95. The van der Waals surface area contributed by atoms with Crippen molar-refractivity contribution in [3.8, 4) is 5.69 Å². The third kappa shape index (κ3) is 3.13. The molecule has 2 aromatic rings. The first-order chi connectivity index (χ1) is 10.7. The molecule has 1 aliphatic rings. The number of benzene rings is 1. The number of nitrogens with one attached hydrogen (secondary N) is 2. The van der Waals surface area contributed by atoms with Crippen LogP contribution in [0.25, 0.3) is 5.69 Å². The fourth-order valence-electron chi connectivity index (χ4n) is 2.36. The maximum atomic E-state index is 12.2.